The van der Waals surface area contributed by atoms with Crippen molar-refractivity contribution in [2.45, 2.75) is 32.2 Å². The van der Waals surface area contributed by atoms with Crippen LogP contribution in [0.25, 0.3) is 0 Å². The zero-order valence-electron chi connectivity index (χ0n) is 11.5. The Bertz CT molecular complexity index is 502. The molecule has 2 atom stereocenters. The average Bonchev–Trinajstić information content (AvgIpc) is 2.83. The second-order valence-corrected chi connectivity index (χ2v) is 4.88. The molecule has 1 aromatic heterocycles. The van der Waals surface area contributed by atoms with Crippen molar-refractivity contribution in [2.24, 2.45) is 13.0 Å². The topological polar surface area (TPSA) is 113 Å². The van der Waals surface area contributed by atoms with Crippen LogP contribution in [-0.4, -0.2) is 54.8 Å². The summed E-state index contributed by atoms with van der Waals surface area (Å²) >= 11 is 0. The van der Waals surface area contributed by atoms with E-state index in [2.05, 4.69) is 20.7 Å². The Hall–Kier alpha value is -2.19. The molecule has 0 radical (unpaired) electrons. The van der Waals surface area contributed by atoms with Crippen LogP contribution in [0.15, 0.2) is 0 Å². The van der Waals surface area contributed by atoms with Gasteiger partial charge in [0.05, 0.1) is 7.05 Å². The number of anilines is 1. The molecular formula is C11H18N6O3. The number of likely N-dealkylation sites (tertiary alicyclic amines) is 1. The molecule has 9 heteroatoms. The van der Waals surface area contributed by atoms with Crippen molar-refractivity contribution in [1.29, 1.82) is 0 Å². The summed E-state index contributed by atoms with van der Waals surface area (Å²) in [6.07, 6.45) is 2.21. The molecule has 20 heavy (non-hydrogen) atoms. The Morgan fingerprint density at radius 3 is 2.80 bits per heavy atom. The SMILES string of the molecule is CCC1CCN(C(=O)Nc2nnn(C)n2)C(C(=O)O)C1. The third-order valence-electron chi connectivity index (χ3n) is 3.56. The number of carboxylic acids is 1. The number of aryl methyl sites for hydroxylation is 1. The fourth-order valence-corrected chi connectivity index (χ4v) is 2.39. The van der Waals surface area contributed by atoms with E-state index in [-0.39, 0.29) is 5.95 Å². The lowest BCUT2D eigenvalue weighted by Crippen LogP contribution is -2.51. The maximum atomic E-state index is 12.1. The molecule has 2 N–H and O–H groups in total. The number of hydrogen-bond acceptors (Lipinski definition) is 5. The largest absolute Gasteiger partial charge is 0.480 e. The number of carboxylic acid groups (broad SMARTS) is 1. The van der Waals surface area contributed by atoms with Crippen LogP contribution in [0.4, 0.5) is 10.7 Å². The van der Waals surface area contributed by atoms with Gasteiger partial charge in [0, 0.05) is 6.54 Å². The minimum Gasteiger partial charge on any atom is -0.480 e. The van der Waals surface area contributed by atoms with Crippen molar-refractivity contribution in [3.8, 4) is 0 Å². The highest BCUT2D eigenvalue weighted by Gasteiger charge is 2.35. The molecule has 0 spiro atoms. The number of hydrogen-bond donors (Lipinski definition) is 2. The molecule has 1 aliphatic heterocycles. The highest BCUT2D eigenvalue weighted by atomic mass is 16.4. The van der Waals surface area contributed by atoms with Crippen molar-refractivity contribution in [3.05, 3.63) is 0 Å². The van der Waals surface area contributed by atoms with Crippen LogP contribution in [-0.2, 0) is 11.8 Å². The van der Waals surface area contributed by atoms with Crippen LogP contribution in [0.3, 0.4) is 0 Å². The number of tetrazole rings is 1. The van der Waals surface area contributed by atoms with Gasteiger partial charge in [-0.3, -0.25) is 5.32 Å². The van der Waals surface area contributed by atoms with Gasteiger partial charge >= 0.3 is 12.0 Å². The minimum absolute atomic E-state index is 0.0688. The van der Waals surface area contributed by atoms with Crippen LogP contribution in [0.2, 0.25) is 0 Å². The lowest BCUT2D eigenvalue weighted by molar-refractivity contribution is -0.143. The van der Waals surface area contributed by atoms with E-state index in [0.29, 0.717) is 18.9 Å². The summed E-state index contributed by atoms with van der Waals surface area (Å²) in [6.45, 7) is 2.45. The first kappa shape index (κ1) is 14.2. The summed E-state index contributed by atoms with van der Waals surface area (Å²) in [5, 5.41) is 22.8. The molecule has 9 nitrogen and oxygen atoms in total. The number of aliphatic carboxylic acids is 1. The van der Waals surface area contributed by atoms with E-state index >= 15 is 0 Å². The molecule has 1 fully saturated rings. The predicted octanol–water partition coefficient (Wildman–Crippen LogP) is 0.317. The molecule has 0 saturated carbocycles. The van der Waals surface area contributed by atoms with Crippen molar-refractivity contribution >= 4 is 17.9 Å². The Morgan fingerprint density at radius 1 is 1.50 bits per heavy atom. The first-order valence-corrected chi connectivity index (χ1v) is 6.55. The summed E-state index contributed by atoms with van der Waals surface area (Å²) in [4.78, 5) is 26.0. The van der Waals surface area contributed by atoms with Gasteiger partial charge in [0.1, 0.15) is 6.04 Å². The standard InChI is InChI=1S/C11H18N6O3/c1-3-7-4-5-17(8(6-7)9(18)19)11(20)12-10-13-15-16(2)14-10/h7-8H,3-6H2,1-2H3,(H,18,19)(H,12,14,20). The second kappa shape index (κ2) is 5.85. The molecular weight excluding hydrogens is 264 g/mol. The maximum Gasteiger partial charge on any atom is 0.326 e. The molecule has 1 aromatic rings. The number of piperidine rings is 1. The number of carbonyl (C=O) groups excluding carboxylic acids is 1. The lowest BCUT2D eigenvalue weighted by Gasteiger charge is -2.36. The van der Waals surface area contributed by atoms with Gasteiger partial charge in [-0.2, -0.15) is 4.80 Å². The lowest BCUT2D eigenvalue weighted by atomic mass is 9.89. The molecule has 0 aliphatic carbocycles. The van der Waals surface area contributed by atoms with Crippen LogP contribution in [0, 0.1) is 5.92 Å². The van der Waals surface area contributed by atoms with Crippen LogP contribution in [0.5, 0.6) is 0 Å². The Balaban J connectivity index is 2.05. The van der Waals surface area contributed by atoms with Crippen molar-refractivity contribution < 1.29 is 14.7 Å². The summed E-state index contributed by atoms with van der Waals surface area (Å²) in [5.74, 6) is -0.570. The number of nitrogens with zero attached hydrogens (tertiary/aromatic N) is 5. The average molecular weight is 282 g/mol. The van der Waals surface area contributed by atoms with Gasteiger partial charge < -0.3 is 10.0 Å². The highest BCUT2D eigenvalue weighted by molar-refractivity contribution is 5.91. The van der Waals surface area contributed by atoms with E-state index in [4.69, 9.17) is 0 Å². The van der Waals surface area contributed by atoms with E-state index in [1.165, 1.54) is 9.70 Å². The van der Waals surface area contributed by atoms with Crippen molar-refractivity contribution in [1.82, 2.24) is 25.1 Å². The van der Waals surface area contributed by atoms with Gasteiger partial charge in [0.2, 0.25) is 0 Å². The van der Waals surface area contributed by atoms with E-state index in [9.17, 15) is 14.7 Å². The predicted molar refractivity (Wildman–Crippen MR) is 69.0 cm³/mol. The number of carbonyl (C=O) groups is 2. The van der Waals surface area contributed by atoms with Gasteiger partial charge in [-0.15, -0.1) is 5.10 Å². The smallest absolute Gasteiger partial charge is 0.326 e. The third kappa shape index (κ3) is 3.03. The summed E-state index contributed by atoms with van der Waals surface area (Å²) in [7, 11) is 1.58. The number of amides is 2. The van der Waals surface area contributed by atoms with Gasteiger partial charge in [0.15, 0.2) is 0 Å². The highest BCUT2D eigenvalue weighted by Crippen LogP contribution is 2.25. The molecule has 0 bridgehead atoms. The molecule has 110 valence electrons. The quantitative estimate of drug-likeness (QED) is 0.825. The summed E-state index contributed by atoms with van der Waals surface area (Å²) in [5.41, 5.74) is 0. The van der Waals surface area contributed by atoms with E-state index in [1.807, 2.05) is 6.92 Å². The van der Waals surface area contributed by atoms with Crippen LogP contribution < -0.4 is 5.32 Å². The molecule has 2 unspecified atom stereocenters. The van der Waals surface area contributed by atoms with Crippen LogP contribution >= 0.6 is 0 Å². The fourth-order valence-electron chi connectivity index (χ4n) is 2.39. The van der Waals surface area contributed by atoms with Gasteiger partial charge in [-0.1, -0.05) is 18.4 Å². The van der Waals surface area contributed by atoms with Crippen LogP contribution in [0.1, 0.15) is 26.2 Å². The Kier molecular flexibility index (Phi) is 4.16. The molecule has 2 amide bonds. The number of urea groups is 1. The molecule has 1 saturated heterocycles. The van der Waals surface area contributed by atoms with Gasteiger partial charge in [-0.25, -0.2) is 9.59 Å². The van der Waals surface area contributed by atoms with Crippen molar-refractivity contribution in [3.63, 3.8) is 0 Å². The molecule has 2 rings (SSSR count). The van der Waals surface area contributed by atoms with Gasteiger partial charge in [0.25, 0.3) is 5.95 Å². The first-order chi connectivity index (χ1) is 9.51. The number of aromatic nitrogens is 4. The Labute approximate surface area is 115 Å². The Morgan fingerprint density at radius 2 is 2.25 bits per heavy atom. The summed E-state index contributed by atoms with van der Waals surface area (Å²) in [6, 6.07) is -1.30. The third-order valence-corrected chi connectivity index (χ3v) is 3.56. The first-order valence-electron chi connectivity index (χ1n) is 6.55. The minimum atomic E-state index is -0.981. The zero-order chi connectivity index (χ0) is 14.7. The van der Waals surface area contributed by atoms with E-state index in [0.717, 1.165) is 12.8 Å². The normalized spacial score (nSPS) is 22.6. The molecule has 1 aliphatic rings. The second-order valence-electron chi connectivity index (χ2n) is 4.88. The molecule has 0 aromatic carbocycles. The zero-order valence-corrected chi connectivity index (χ0v) is 11.5. The summed E-state index contributed by atoms with van der Waals surface area (Å²) < 4.78 is 0. The fraction of sp³-hybridized carbons (Fsp3) is 0.727. The van der Waals surface area contributed by atoms with Crippen molar-refractivity contribution in [2.75, 3.05) is 11.9 Å². The number of nitrogens with one attached hydrogen (secondary N) is 1. The maximum absolute atomic E-state index is 12.1. The van der Waals surface area contributed by atoms with E-state index < -0.39 is 18.0 Å². The number of rotatable bonds is 3. The molecule has 2 heterocycles. The van der Waals surface area contributed by atoms with E-state index in [1.54, 1.807) is 7.05 Å². The van der Waals surface area contributed by atoms with Gasteiger partial charge in [-0.05, 0) is 24.0 Å². The monoisotopic (exact) mass is 282 g/mol.